The number of hydrogen-bond acceptors (Lipinski definition) is 2. The number of aliphatic imine (C=N–C) groups is 1. The van der Waals surface area contributed by atoms with Gasteiger partial charge in [-0.25, -0.2) is 0 Å². The van der Waals surface area contributed by atoms with Gasteiger partial charge < -0.3 is 15.8 Å². The van der Waals surface area contributed by atoms with Crippen molar-refractivity contribution in [1.29, 1.82) is 0 Å². The second kappa shape index (κ2) is 7.51. The standard InChI is InChI=1S/C18H22BrN3O/c1-18(2,13-5-4-6-14(19)11-13)12-21-17(20)22-15-7-9-16(23-3)10-8-15/h4-11H,12H2,1-3H3,(H3,20,21,22). The average molecular weight is 376 g/mol. The summed E-state index contributed by atoms with van der Waals surface area (Å²) in [5.74, 6) is 1.21. The molecule has 0 spiro atoms. The molecule has 0 aliphatic carbocycles. The molecule has 2 aromatic rings. The van der Waals surface area contributed by atoms with Crippen molar-refractivity contribution in [1.82, 2.24) is 0 Å². The third-order valence-electron chi connectivity index (χ3n) is 3.61. The summed E-state index contributed by atoms with van der Waals surface area (Å²) in [4.78, 5) is 4.48. The first-order valence-electron chi connectivity index (χ1n) is 7.38. The van der Waals surface area contributed by atoms with Crippen molar-refractivity contribution >= 4 is 27.6 Å². The maximum Gasteiger partial charge on any atom is 0.193 e. The molecule has 2 rings (SSSR count). The number of nitrogens with zero attached hydrogens (tertiary/aromatic N) is 1. The quantitative estimate of drug-likeness (QED) is 0.609. The topological polar surface area (TPSA) is 59.6 Å². The van der Waals surface area contributed by atoms with E-state index in [1.54, 1.807) is 7.11 Å². The molecule has 0 aliphatic rings. The van der Waals surface area contributed by atoms with Crippen LogP contribution in [0.2, 0.25) is 0 Å². The van der Waals surface area contributed by atoms with Gasteiger partial charge in [0.2, 0.25) is 0 Å². The summed E-state index contributed by atoms with van der Waals surface area (Å²) in [6.45, 7) is 4.90. The molecule has 5 heteroatoms. The Morgan fingerprint density at radius 2 is 1.91 bits per heavy atom. The number of anilines is 1. The summed E-state index contributed by atoms with van der Waals surface area (Å²) in [6, 6.07) is 15.8. The van der Waals surface area contributed by atoms with Gasteiger partial charge in [0.25, 0.3) is 0 Å². The molecule has 0 heterocycles. The normalized spacial score (nSPS) is 12.1. The van der Waals surface area contributed by atoms with Crippen LogP contribution in [0.3, 0.4) is 0 Å². The Bertz CT molecular complexity index is 681. The lowest BCUT2D eigenvalue weighted by Gasteiger charge is -2.23. The van der Waals surface area contributed by atoms with Crippen LogP contribution in [0.1, 0.15) is 19.4 Å². The van der Waals surface area contributed by atoms with Crippen molar-refractivity contribution < 1.29 is 4.74 Å². The van der Waals surface area contributed by atoms with E-state index in [4.69, 9.17) is 10.5 Å². The van der Waals surface area contributed by atoms with Crippen LogP contribution in [-0.2, 0) is 5.41 Å². The van der Waals surface area contributed by atoms with Crippen LogP contribution >= 0.6 is 15.9 Å². The Hall–Kier alpha value is -2.01. The van der Waals surface area contributed by atoms with Gasteiger partial charge >= 0.3 is 0 Å². The predicted molar refractivity (Wildman–Crippen MR) is 100 cm³/mol. The highest BCUT2D eigenvalue weighted by Gasteiger charge is 2.20. The molecule has 122 valence electrons. The van der Waals surface area contributed by atoms with Gasteiger partial charge in [-0.15, -0.1) is 0 Å². The third kappa shape index (κ3) is 4.99. The van der Waals surface area contributed by atoms with Crippen molar-refractivity contribution in [3.8, 4) is 5.75 Å². The van der Waals surface area contributed by atoms with E-state index in [0.29, 0.717) is 12.5 Å². The lowest BCUT2D eigenvalue weighted by molar-refractivity contribution is 0.415. The molecule has 3 N–H and O–H groups in total. The minimum Gasteiger partial charge on any atom is -0.497 e. The molecule has 0 unspecified atom stereocenters. The van der Waals surface area contributed by atoms with E-state index >= 15 is 0 Å². The largest absolute Gasteiger partial charge is 0.497 e. The van der Waals surface area contributed by atoms with Gasteiger partial charge in [-0.2, -0.15) is 0 Å². The summed E-state index contributed by atoms with van der Waals surface area (Å²) < 4.78 is 6.20. The first kappa shape index (κ1) is 17.3. The summed E-state index contributed by atoms with van der Waals surface area (Å²) in [6.07, 6.45) is 0. The number of rotatable bonds is 5. The van der Waals surface area contributed by atoms with Crippen LogP contribution in [0.15, 0.2) is 58.0 Å². The maximum atomic E-state index is 5.99. The Kier molecular flexibility index (Phi) is 5.66. The Morgan fingerprint density at radius 3 is 2.52 bits per heavy atom. The number of nitrogens with two attached hydrogens (primary N) is 1. The SMILES string of the molecule is COc1ccc(NC(N)=NCC(C)(C)c2cccc(Br)c2)cc1. The molecule has 0 radical (unpaired) electrons. The molecule has 0 bridgehead atoms. The van der Waals surface area contributed by atoms with Crippen molar-refractivity contribution in [3.05, 3.63) is 58.6 Å². The molecular weight excluding hydrogens is 354 g/mol. The molecule has 0 fully saturated rings. The monoisotopic (exact) mass is 375 g/mol. The zero-order valence-corrected chi connectivity index (χ0v) is 15.2. The highest BCUT2D eigenvalue weighted by Crippen LogP contribution is 2.26. The van der Waals surface area contributed by atoms with E-state index < -0.39 is 0 Å². The smallest absolute Gasteiger partial charge is 0.193 e. The molecule has 0 amide bonds. The van der Waals surface area contributed by atoms with E-state index in [-0.39, 0.29) is 5.41 Å². The summed E-state index contributed by atoms with van der Waals surface area (Å²) >= 11 is 3.51. The van der Waals surface area contributed by atoms with Crippen LogP contribution < -0.4 is 15.8 Å². The van der Waals surface area contributed by atoms with E-state index in [1.165, 1.54) is 5.56 Å². The average Bonchev–Trinajstić information content (AvgIpc) is 2.54. The maximum absolute atomic E-state index is 5.99. The molecule has 0 aromatic heterocycles. The summed E-state index contributed by atoms with van der Waals surface area (Å²) in [7, 11) is 1.64. The van der Waals surface area contributed by atoms with E-state index in [2.05, 4.69) is 52.2 Å². The molecule has 0 saturated carbocycles. The van der Waals surface area contributed by atoms with Crippen molar-refractivity contribution in [2.24, 2.45) is 10.7 Å². The van der Waals surface area contributed by atoms with Gasteiger partial charge in [0.15, 0.2) is 5.96 Å². The van der Waals surface area contributed by atoms with Crippen molar-refractivity contribution in [2.45, 2.75) is 19.3 Å². The lowest BCUT2D eigenvalue weighted by atomic mass is 9.85. The zero-order chi connectivity index (χ0) is 16.9. The molecule has 0 aliphatic heterocycles. The van der Waals surface area contributed by atoms with Gasteiger partial charge in [-0.05, 0) is 42.0 Å². The van der Waals surface area contributed by atoms with Gasteiger partial charge in [-0.3, -0.25) is 4.99 Å². The second-order valence-corrected chi connectivity index (χ2v) is 6.86. The van der Waals surface area contributed by atoms with Crippen LogP contribution in [-0.4, -0.2) is 19.6 Å². The van der Waals surface area contributed by atoms with Crippen molar-refractivity contribution in [2.75, 3.05) is 19.0 Å². The molecular formula is C18H22BrN3O. The minimum atomic E-state index is -0.101. The van der Waals surface area contributed by atoms with Crippen LogP contribution in [0, 0.1) is 0 Å². The first-order chi connectivity index (χ1) is 10.9. The molecule has 0 saturated heterocycles. The number of halogens is 1. The zero-order valence-electron chi connectivity index (χ0n) is 13.6. The number of methoxy groups -OCH3 is 1. The fourth-order valence-corrected chi connectivity index (χ4v) is 2.54. The fraction of sp³-hybridized carbons (Fsp3) is 0.278. The van der Waals surface area contributed by atoms with Gasteiger partial charge in [-0.1, -0.05) is 41.9 Å². The van der Waals surface area contributed by atoms with Gasteiger partial charge in [0.1, 0.15) is 5.75 Å². The Balaban J connectivity index is 2.02. The predicted octanol–water partition coefficient (Wildman–Crippen LogP) is 4.16. The lowest BCUT2D eigenvalue weighted by Crippen LogP contribution is -2.27. The van der Waals surface area contributed by atoms with Gasteiger partial charge in [0.05, 0.1) is 13.7 Å². The number of guanidine groups is 1. The first-order valence-corrected chi connectivity index (χ1v) is 8.17. The van der Waals surface area contributed by atoms with Crippen LogP contribution in [0.25, 0.3) is 0 Å². The van der Waals surface area contributed by atoms with Gasteiger partial charge in [0, 0.05) is 15.6 Å². The molecule has 2 aromatic carbocycles. The highest BCUT2D eigenvalue weighted by atomic mass is 79.9. The van der Waals surface area contributed by atoms with E-state index in [0.717, 1.165) is 15.9 Å². The molecule has 23 heavy (non-hydrogen) atoms. The highest BCUT2D eigenvalue weighted by molar-refractivity contribution is 9.10. The van der Waals surface area contributed by atoms with Crippen LogP contribution in [0.5, 0.6) is 5.75 Å². The summed E-state index contributed by atoms with van der Waals surface area (Å²) in [5.41, 5.74) is 7.99. The second-order valence-electron chi connectivity index (χ2n) is 5.95. The number of benzene rings is 2. The van der Waals surface area contributed by atoms with Crippen molar-refractivity contribution in [3.63, 3.8) is 0 Å². The Morgan fingerprint density at radius 1 is 1.22 bits per heavy atom. The van der Waals surface area contributed by atoms with Crippen LogP contribution in [0.4, 0.5) is 5.69 Å². The number of ether oxygens (including phenoxy) is 1. The van der Waals surface area contributed by atoms with E-state index in [1.807, 2.05) is 36.4 Å². The third-order valence-corrected chi connectivity index (χ3v) is 4.11. The summed E-state index contributed by atoms with van der Waals surface area (Å²) in [5, 5.41) is 3.09. The van der Waals surface area contributed by atoms with E-state index in [9.17, 15) is 0 Å². The fourth-order valence-electron chi connectivity index (χ4n) is 2.15. The number of nitrogens with one attached hydrogen (secondary N) is 1. The molecule has 4 nitrogen and oxygen atoms in total. The minimum absolute atomic E-state index is 0.101. The number of hydrogen-bond donors (Lipinski definition) is 2. The molecule has 0 atom stereocenters. The Labute approximate surface area is 145 Å².